The molecule has 0 aliphatic heterocycles. The van der Waals surface area contributed by atoms with Gasteiger partial charge in [-0.25, -0.2) is 0 Å². The van der Waals surface area contributed by atoms with Crippen molar-refractivity contribution in [2.75, 3.05) is 6.61 Å². The van der Waals surface area contributed by atoms with Gasteiger partial charge in [0.05, 0.1) is 12.9 Å². The highest BCUT2D eigenvalue weighted by Gasteiger charge is 2.23. The molecule has 0 aromatic heterocycles. The lowest BCUT2D eigenvalue weighted by Gasteiger charge is -2.06. The summed E-state index contributed by atoms with van der Waals surface area (Å²) in [6.07, 6.45) is 5.45. The Bertz CT molecular complexity index is 133. The summed E-state index contributed by atoms with van der Waals surface area (Å²) >= 11 is 17.0. The van der Waals surface area contributed by atoms with Crippen LogP contribution in [0.1, 0.15) is 19.8 Å². The molecule has 0 fully saturated rings. The number of hydrogen-bond acceptors (Lipinski definition) is 1. The molecule has 0 amide bonds. The minimum atomic E-state index is -2.41. The molecule has 0 rings (SSSR count). The molecule has 0 aliphatic carbocycles. The van der Waals surface area contributed by atoms with E-state index in [4.69, 9.17) is 38.0 Å². The molecule has 0 aliphatic rings. The van der Waals surface area contributed by atoms with E-state index in [9.17, 15) is 0 Å². The number of rotatable bonds is 6. The third-order valence-electron chi connectivity index (χ3n) is 1.15. The second-order valence-corrected chi connectivity index (χ2v) is 11.6. The predicted molar refractivity (Wildman–Crippen MR) is 58.1 cm³/mol. The molecule has 0 aromatic rings. The van der Waals surface area contributed by atoms with Gasteiger partial charge in [0.25, 0.3) is 0 Å². The minimum absolute atomic E-state index is 0.636. The lowest BCUT2D eigenvalue weighted by atomic mass is 10.5. The normalized spacial score (nSPS) is 12.3. The van der Waals surface area contributed by atoms with Crippen LogP contribution in [0, 0.1) is 0 Å². The van der Waals surface area contributed by atoms with Gasteiger partial charge in [0, 0.05) is 0 Å². The summed E-state index contributed by atoms with van der Waals surface area (Å²) in [6, 6.07) is -1.75. The van der Waals surface area contributed by atoms with Crippen molar-refractivity contribution in [1.82, 2.24) is 0 Å². The predicted octanol–water partition coefficient (Wildman–Crippen LogP) is 3.97. The van der Waals surface area contributed by atoms with Crippen LogP contribution in [0.2, 0.25) is 6.04 Å². The van der Waals surface area contributed by atoms with Gasteiger partial charge in [-0.2, -0.15) is 0 Å². The summed E-state index contributed by atoms with van der Waals surface area (Å²) < 4.78 is 5.14. The van der Waals surface area contributed by atoms with Crippen molar-refractivity contribution in [3.05, 3.63) is 12.3 Å². The zero-order chi connectivity index (χ0) is 9.45. The van der Waals surface area contributed by atoms with Gasteiger partial charge >= 0.3 is 6.00 Å². The fourth-order valence-electron chi connectivity index (χ4n) is 0.588. The Hall–Kier alpha value is 0.627. The number of hydrogen-bond donors (Lipinski definition) is 0. The average molecular weight is 248 g/mol. The zero-order valence-electron chi connectivity index (χ0n) is 7.03. The van der Waals surface area contributed by atoms with Crippen molar-refractivity contribution in [2.24, 2.45) is 0 Å². The van der Waals surface area contributed by atoms with Crippen LogP contribution in [0.5, 0.6) is 0 Å². The standard InChI is InChI=1S/C7H13Cl3OSi/c1-2-3-5-11-6-4-7-12(8,9)10/h3,5H,2,4,6-7H2,1H3. The molecule has 0 aromatic carbocycles. The SMILES string of the molecule is CCC=COCCC[Si](Cl)(Cl)Cl. The molecule has 5 heteroatoms. The molecule has 12 heavy (non-hydrogen) atoms. The lowest BCUT2D eigenvalue weighted by molar-refractivity contribution is 0.249. The first-order valence-electron chi connectivity index (χ1n) is 3.89. The van der Waals surface area contributed by atoms with Gasteiger partial charge in [0.2, 0.25) is 0 Å². The van der Waals surface area contributed by atoms with Gasteiger partial charge in [0.1, 0.15) is 0 Å². The largest absolute Gasteiger partial charge is 0.502 e. The van der Waals surface area contributed by atoms with Crippen molar-refractivity contribution in [1.29, 1.82) is 0 Å². The van der Waals surface area contributed by atoms with Crippen molar-refractivity contribution in [3.8, 4) is 0 Å². The van der Waals surface area contributed by atoms with Gasteiger partial charge in [0.15, 0.2) is 0 Å². The first kappa shape index (κ1) is 12.6. The van der Waals surface area contributed by atoms with Crippen molar-refractivity contribution in [3.63, 3.8) is 0 Å². The molecular weight excluding hydrogens is 235 g/mol. The van der Waals surface area contributed by atoms with Gasteiger partial charge in [-0.3, -0.25) is 0 Å². The first-order chi connectivity index (χ1) is 5.56. The maximum atomic E-state index is 5.67. The van der Waals surface area contributed by atoms with Crippen LogP contribution in [0.15, 0.2) is 12.3 Å². The molecule has 0 N–H and O–H groups in total. The smallest absolute Gasteiger partial charge is 0.341 e. The van der Waals surface area contributed by atoms with E-state index in [1.807, 2.05) is 13.0 Å². The Kier molecular flexibility index (Phi) is 7.44. The molecular formula is C7H13Cl3OSi. The minimum Gasteiger partial charge on any atom is -0.502 e. The average Bonchev–Trinajstić information content (AvgIpc) is 1.94. The molecule has 0 atom stereocenters. The Morgan fingerprint density at radius 2 is 2.00 bits per heavy atom. The molecule has 72 valence electrons. The lowest BCUT2D eigenvalue weighted by Crippen LogP contribution is -2.09. The van der Waals surface area contributed by atoms with Gasteiger partial charge < -0.3 is 4.74 Å². The highest BCUT2D eigenvalue weighted by Crippen LogP contribution is 2.26. The second-order valence-electron chi connectivity index (χ2n) is 2.37. The van der Waals surface area contributed by atoms with Crippen molar-refractivity contribution >= 4 is 39.2 Å². The van der Waals surface area contributed by atoms with Crippen LogP contribution in [-0.2, 0) is 4.74 Å². The third kappa shape index (κ3) is 10.6. The molecule has 0 bridgehead atoms. The van der Waals surface area contributed by atoms with Gasteiger partial charge in [-0.05, 0) is 18.9 Å². The van der Waals surface area contributed by atoms with Crippen LogP contribution in [-0.4, -0.2) is 12.6 Å². The van der Waals surface area contributed by atoms with Gasteiger partial charge in [-0.1, -0.05) is 13.0 Å². The Balaban J connectivity index is 3.17. The molecule has 1 nitrogen and oxygen atoms in total. The molecule has 0 heterocycles. The Labute approximate surface area is 88.8 Å². The van der Waals surface area contributed by atoms with E-state index in [1.165, 1.54) is 0 Å². The van der Waals surface area contributed by atoms with Crippen molar-refractivity contribution in [2.45, 2.75) is 25.8 Å². The maximum absolute atomic E-state index is 5.67. The second kappa shape index (κ2) is 7.07. The van der Waals surface area contributed by atoms with E-state index in [0.717, 1.165) is 12.8 Å². The summed E-state index contributed by atoms with van der Waals surface area (Å²) in [7, 11) is 0. The van der Waals surface area contributed by atoms with E-state index in [0.29, 0.717) is 12.7 Å². The molecule has 0 unspecified atom stereocenters. The summed E-state index contributed by atoms with van der Waals surface area (Å²) in [5.41, 5.74) is 0. The quantitative estimate of drug-likeness (QED) is 0.299. The van der Waals surface area contributed by atoms with Crippen LogP contribution in [0.25, 0.3) is 0 Å². The van der Waals surface area contributed by atoms with Crippen LogP contribution in [0.3, 0.4) is 0 Å². The molecule has 0 spiro atoms. The molecule has 0 radical (unpaired) electrons. The highest BCUT2D eigenvalue weighted by molar-refractivity contribution is 7.64. The van der Waals surface area contributed by atoms with Gasteiger partial charge in [-0.15, -0.1) is 33.2 Å². The van der Waals surface area contributed by atoms with Crippen molar-refractivity contribution < 1.29 is 4.74 Å². The summed E-state index contributed by atoms with van der Waals surface area (Å²) in [6.45, 7) is 2.69. The third-order valence-corrected chi connectivity index (χ3v) is 3.77. The first-order valence-corrected chi connectivity index (χ1v) is 9.14. The van der Waals surface area contributed by atoms with E-state index >= 15 is 0 Å². The fourth-order valence-corrected chi connectivity index (χ4v) is 2.34. The number of halogens is 3. The number of ether oxygens (including phenoxy) is 1. The summed E-state index contributed by atoms with van der Waals surface area (Å²) in [5.74, 6) is 0. The van der Waals surface area contributed by atoms with E-state index in [1.54, 1.807) is 6.26 Å². The van der Waals surface area contributed by atoms with Crippen LogP contribution >= 0.6 is 33.2 Å². The zero-order valence-corrected chi connectivity index (χ0v) is 10.3. The molecule has 0 saturated heterocycles. The maximum Gasteiger partial charge on any atom is 0.341 e. The van der Waals surface area contributed by atoms with E-state index in [-0.39, 0.29) is 0 Å². The Morgan fingerprint density at radius 3 is 2.50 bits per heavy atom. The number of allylic oxidation sites excluding steroid dienone is 1. The topological polar surface area (TPSA) is 9.23 Å². The van der Waals surface area contributed by atoms with E-state index < -0.39 is 6.00 Å². The fraction of sp³-hybridized carbons (Fsp3) is 0.714. The van der Waals surface area contributed by atoms with E-state index in [2.05, 4.69) is 0 Å². The monoisotopic (exact) mass is 246 g/mol. The summed E-state index contributed by atoms with van der Waals surface area (Å²) in [4.78, 5) is 0. The van der Waals surface area contributed by atoms with Crippen LogP contribution in [0.4, 0.5) is 0 Å². The highest BCUT2D eigenvalue weighted by atomic mass is 35.8. The van der Waals surface area contributed by atoms with Crippen LogP contribution < -0.4 is 0 Å². The molecule has 0 saturated carbocycles. The Morgan fingerprint density at radius 1 is 1.33 bits per heavy atom. The summed E-state index contributed by atoms with van der Waals surface area (Å²) in [5, 5.41) is 0.